The molecule has 1 aliphatic heterocycles. The van der Waals surface area contributed by atoms with Crippen LogP contribution in [0.3, 0.4) is 0 Å². The molecule has 144 valence electrons. The first-order valence-electron chi connectivity index (χ1n) is 8.75. The van der Waals surface area contributed by atoms with Gasteiger partial charge in [0.2, 0.25) is 11.7 Å². The van der Waals surface area contributed by atoms with Crippen molar-refractivity contribution in [2.45, 2.75) is 38.6 Å². The van der Waals surface area contributed by atoms with E-state index < -0.39 is 0 Å². The average molecular weight is 373 g/mol. The van der Waals surface area contributed by atoms with E-state index in [2.05, 4.69) is 22.1 Å². The summed E-state index contributed by atoms with van der Waals surface area (Å²) in [7, 11) is 0. The van der Waals surface area contributed by atoms with Gasteiger partial charge in [-0.05, 0) is 62.4 Å². The van der Waals surface area contributed by atoms with Crippen molar-refractivity contribution in [3.8, 4) is 11.4 Å². The maximum Gasteiger partial charge on any atom is 0.222 e. The van der Waals surface area contributed by atoms with Gasteiger partial charge >= 0.3 is 0 Å². The Balaban J connectivity index is 0.00000126. The van der Waals surface area contributed by atoms with Crippen LogP contribution in [0.5, 0.6) is 0 Å². The summed E-state index contributed by atoms with van der Waals surface area (Å²) in [5, 5.41) is 25.5. The lowest BCUT2D eigenvalue weighted by Gasteiger charge is -2.31. The molecule has 0 aliphatic carbocycles. The standard InChI is InChI=1S/C17H21FN6O.CH3N/c1-12(19)2-7-16(25)23-10-8-15(9-11-23)24-21-17(20-22-24)13-3-5-14(18)6-4-13;1-2/h3-6,15,19H,2,7-11H2,1H3;2H,1H2. The zero-order valence-electron chi connectivity index (χ0n) is 15.4. The number of benzene rings is 1. The van der Waals surface area contributed by atoms with E-state index in [4.69, 9.17) is 10.8 Å². The first-order chi connectivity index (χ1) is 13.0. The Labute approximate surface area is 157 Å². The minimum Gasteiger partial charge on any atom is -0.343 e. The van der Waals surface area contributed by atoms with Gasteiger partial charge < -0.3 is 15.7 Å². The molecule has 1 aromatic heterocycles. The van der Waals surface area contributed by atoms with Crippen molar-refractivity contribution in [3.63, 3.8) is 0 Å². The van der Waals surface area contributed by atoms with Gasteiger partial charge in [0.15, 0.2) is 0 Å². The van der Waals surface area contributed by atoms with Crippen LogP contribution in [0.2, 0.25) is 0 Å². The fourth-order valence-electron chi connectivity index (χ4n) is 2.89. The summed E-state index contributed by atoms with van der Waals surface area (Å²) in [6.45, 7) is 5.54. The molecular weight excluding hydrogens is 349 g/mol. The third kappa shape index (κ3) is 5.50. The Morgan fingerprint density at radius 1 is 1.22 bits per heavy atom. The highest BCUT2D eigenvalue weighted by atomic mass is 19.1. The van der Waals surface area contributed by atoms with Crippen LogP contribution in [0.15, 0.2) is 24.3 Å². The molecule has 1 aliphatic rings. The second-order valence-electron chi connectivity index (χ2n) is 6.33. The molecule has 3 rings (SSSR count). The lowest BCUT2D eigenvalue weighted by molar-refractivity contribution is -0.132. The summed E-state index contributed by atoms with van der Waals surface area (Å²) in [4.78, 5) is 15.6. The molecule has 0 spiro atoms. The number of carbonyl (C=O) groups is 1. The van der Waals surface area contributed by atoms with Crippen LogP contribution in [-0.4, -0.2) is 56.5 Å². The summed E-state index contributed by atoms with van der Waals surface area (Å²) in [5.41, 5.74) is 1.26. The second kappa shape index (κ2) is 9.65. The fourth-order valence-corrected chi connectivity index (χ4v) is 2.89. The van der Waals surface area contributed by atoms with Crippen LogP contribution in [0.25, 0.3) is 11.4 Å². The zero-order valence-corrected chi connectivity index (χ0v) is 15.4. The number of tetrazole rings is 1. The molecule has 1 saturated heterocycles. The van der Waals surface area contributed by atoms with E-state index in [0.717, 1.165) is 18.4 Å². The van der Waals surface area contributed by atoms with Gasteiger partial charge in [-0.15, -0.1) is 10.2 Å². The maximum absolute atomic E-state index is 13.0. The number of likely N-dealkylation sites (tertiary alicyclic amines) is 1. The highest BCUT2D eigenvalue weighted by Crippen LogP contribution is 2.23. The molecule has 0 radical (unpaired) electrons. The molecule has 9 heteroatoms. The third-order valence-electron chi connectivity index (χ3n) is 4.39. The third-order valence-corrected chi connectivity index (χ3v) is 4.39. The predicted molar refractivity (Wildman–Crippen MR) is 101 cm³/mol. The zero-order chi connectivity index (χ0) is 19.8. The number of nitrogens with zero attached hydrogens (tertiary/aromatic N) is 5. The van der Waals surface area contributed by atoms with Gasteiger partial charge in [0.05, 0.1) is 6.04 Å². The number of piperidine rings is 1. The number of aromatic nitrogens is 4. The highest BCUT2D eigenvalue weighted by molar-refractivity contribution is 5.85. The Kier molecular flexibility index (Phi) is 7.27. The van der Waals surface area contributed by atoms with Gasteiger partial charge in [0.25, 0.3) is 0 Å². The van der Waals surface area contributed by atoms with E-state index in [1.807, 2.05) is 4.90 Å². The summed E-state index contributed by atoms with van der Waals surface area (Å²) >= 11 is 0. The Morgan fingerprint density at radius 3 is 2.44 bits per heavy atom. The van der Waals surface area contributed by atoms with E-state index >= 15 is 0 Å². The number of carbonyl (C=O) groups excluding carboxylic acids is 1. The minimum atomic E-state index is -0.300. The van der Waals surface area contributed by atoms with Gasteiger partial charge in [-0.25, -0.2) is 4.39 Å². The fraction of sp³-hybridized carbons (Fsp3) is 0.444. The second-order valence-corrected chi connectivity index (χ2v) is 6.33. The highest BCUT2D eigenvalue weighted by Gasteiger charge is 2.25. The van der Waals surface area contributed by atoms with Gasteiger partial charge in [-0.2, -0.15) is 4.80 Å². The first kappa shape index (κ1) is 20.3. The van der Waals surface area contributed by atoms with Crippen LogP contribution < -0.4 is 0 Å². The van der Waals surface area contributed by atoms with Crippen LogP contribution in [-0.2, 0) is 4.79 Å². The van der Waals surface area contributed by atoms with Crippen LogP contribution >= 0.6 is 0 Å². The molecule has 8 nitrogen and oxygen atoms in total. The molecule has 0 unspecified atom stereocenters. The van der Waals surface area contributed by atoms with Crippen molar-refractivity contribution in [1.29, 1.82) is 10.8 Å². The lowest BCUT2D eigenvalue weighted by atomic mass is 10.0. The largest absolute Gasteiger partial charge is 0.343 e. The number of rotatable bonds is 5. The number of halogens is 1. The van der Waals surface area contributed by atoms with Gasteiger partial charge in [0, 0.05) is 30.8 Å². The molecule has 2 heterocycles. The Bertz CT molecular complexity index is 766. The monoisotopic (exact) mass is 373 g/mol. The van der Waals surface area contributed by atoms with Crippen molar-refractivity contribution in [2.75, 3.05) is 13.1 Å². The number of hydrogen-bond acceptors (Lipinski definition) is 6. The lowest BCUT2D eigenvalue weighted by Crippen LogP contribution is -2.39. The first-order valence-corrected chi connectivity index (χ1v) is 8.75. The van der Waals surface area contributed by atoms with E-state index in [-0.39, 0.29) is 17.8 Å². The molecule has 1 amide bonds. The normalized spacial score (nSPS) is 14.4. The molecule has 1 fully saturated rings. The average Bonchev–Trinajstić information content (AvgIpc) is 3.18. The summed E-state index contributed by atoms with van der Waals surface area (Å²) in [6.07, 6.45) is 2.46. The Morgan fingerprint density at radius 2 is 1.85 bits per heavy atom. The van der Waals surface area contributed by atoms with Crippen molar-refractivity contribution < 1.29 is 9.18 Å². The topological polar surface area (TPSA) is 112 Å². The van der Waals surface area contributed by atoms with Crippen LogP contribution in [0.1, 0.15) is 38.6 Å². The summed E-state index contributed by atoms with van der Waals surface area (Å²) < 4.78 is 13.0. The van der Waals surface area contributed by atoms with E-state index in [1.54, 1.807) is 23.9 Å². The van der Waals surface area contributed by atoms with Crippen molar-refractivity contribution >= 4 is 18.3 Å². The van der Waals surface area contributed by atoms with E-state index in [0.29, 0.717) is 37.5 Å². The summed E-state index contributed by atoms with van der Waals surface area (Å²) in [5.74, 6) is 0.273. The van der Waals surface area contributed by atoms with E-state index in [9.17, 15) is 9.18 Å². The van der Waals surface area contributed by atoms with Gasteiger partial charge in [-0.3, -0.25) is 4.79 Å². The number of amides is 1. The maximum atomic E-state index is 13.0. The number of nitrogens with one attached hydrogen (secondary N) is 2. The van der Waals surface area contributed by atoms with Crippen LogP contribution in [0, 0.1) is 16.6 Å². The van der Waals surface area contributed by atoms with Gasteiger partial charge in [-0.1, -0.05) is 0 Å². The number of hydrogen-bond donors (Lipinski definition) is 2. The quantitative estimate of drug-likeness (QED) is 0.785. The molecule has 27 heavy (non-hydrogen) atoms. The molecule has 0 atom stereocenters. The van der Waals surface area contributed by atoms with E-state index in [1.165, 1.54) is 12.1 Å². The molecule has 2 aromatic rings. The molecule has 2 N–H and O–H groups in total. The van der Waals surface area contributed by atoms with Gasteiger partial charge in [0.1, 0.15) is 5.82 Å². The molecule has 0 bridgehead atoms. The Hall–Kier alpha value is -2.97. The minimum absolute atomic E-state index is 0.101. The predicted octanol–water partition coefficient (Wildman–Crippen LogP) is 2.73. The summed E-state index contributed by atoms with van der Waals surface area (Å²) in [6, 6.07) is 6.11. The van der Waals surface area contributed by atoms with Crippen molar-refractivity contribution in [2.24, 2.45) is 0 Å². The smallest absolute Gasteiger partial charge is 0.222 e. The molecule has 0 saturated carbocycles. The molecular formula is C18H24FN7O. The van der Waals surface area contributed by atoms with Crippen LogP contribution in [0.4, 0.5) is 4.39 Å². The van der Waals surface area contributed by atoms with Crippen molar-refractivity contribution in [3.05, 3.63) is 30.1 Å². The molecule has 1 aromatic carbocycles. The van der Waals surface area contributed by atoms with Crippen molar-refractivity contribution in [1.82, 2.24) is 25.1 Å². The SMILES string of the molecule is C=N.CC(=N)CCC(=O)N1CCC(n2nnc(-c3ccc(F)cc3)n2)CC1.